The van der Waals surface area contributed by atoms with Crippen LogP contribution in [0.2, 0.25) is 0 Å². The van der Waals surface area contributed by atoms with Crippen molar-refractivity contribution >= 4 is 54.5 Å². The quantitative estimate of drug-likeness (QED) is 0.660. The summed E-state index contributed by atoms with van der Waals surface area (Å²) in [6.07, 6.45) is 1.30. The first kappa shape index (κ1) is 19.9. The average Bonchev–Trinajstić information content (AvgIpc) is 3.29. The summed E-state index contributed by atoms with van der Waals surface area (Å²) in [5.74, 6) is 0.0193. The molecule has 3 rings (SSSR count). The van der Waals surface area contributed by atoms with Gasteiger partial charge in [0.15, 0.2) is 0 Å². The number of sulfonamides is 1. The second-order valence-corrected chi connectivity index (χ2v) is 11.1. The topological polar surface area (TPSA) is 70.6 Å². The largest absolute Gasteiger partial charge is 0.337 e. The van der Waals surface area contributed by atoms with Gasteiger partial charge in [-0.15, -0.1) is 22.7 Å². The second kappa shape index (κ2) is 8.05. The SMILES string of the molecule is CCS(=O)(=O)N(C)C1CCN(C(=O)c2csc(-c3cc(Br)cs3)n2)CC1. The van der Waals surface area contributed by atoms with Gasteiger partial charge in [0.1, 0.15) is 10.7 Å². The number of piperidine rings is 1. The molecular weight excluding hydrogens is 458 g/mol. The predicted molar refractivity (Wildman–Crippen MR) is 109 cm³/mol. The third kappa shape index (κ3) is 4.19. The molecule has 2 aromatic rings. The van der Waals surface area contributed by atoms with Crippen molar-refractivity contribution in [2.45, 2.75) is 25.8 Å². The monoisotopic (exact) mass is 477 g/mol. The minimum absolute atomic E-state index is 0.0431. The predicted octanol–water partition coefficient (Wildman–Crippen LogP) is 3.52. The number of hydrogen-bond donors (Lipinski definition) is 0. The van der Waals surface area contributed by atoms with Crippen LogP contribution in [0, 0.1) is 0 Å². The molecule has 0 atom stereocenters. The van der Waals surface area contributed by atoms with E-state index in [2.05, 4.69) is 20.9 Å². The average molecular weight is 478 g/mol. The van der Waals surface area contributed by atoms with Gasteiger partial charge in [-0.1, -0.05) is 0 Å². The zero-order valence-electron chi connectivity index (χ0n) is 14.5. The molecule has 3 heterocycles. The molecule has 142 valence electrons. The Hall–Kier alpha value is -0.810. The number of aromatic nitrogens is 1. The third-order valence-electron chi connectivity index (χ3n) is 4.57. The maximum Gasteiger partial charge on any atom is 0.273 e. The van der Waals surface area contributed by atoms with E-state index in [1.54, 1.807) is 35.6 Å². The van der Waals surface area contributed by atoms with Gasteiger partial charge in [-0.2, -0.15) is 0 Å². The van der Waals surface area contributed by atoms with Gasteiger partial charge in [-0.3, -0.25) is 4.79 Å². The molecule has 26 heavy (non-hydrogen) atoms. The normalized spacial score (nSPS) is 16.4. The van der Waals surface area contributed by atoms with E-state index in [0.29, 0.717) is 31.6 Å². The molecule has 1 aliphatic heterocycles. The molecule has 0 radical (unpaired) electrons. The lowest BCUT2D eigenvalue weighted by Gasteiger charge is -2.35. The molecule has 0 spiro atoms. The Balaban J connectivity index is 1.63. The summed E-state index contributed by atoms with van der Waals surface area (Å²) in [6.45, 7) is 2.74. The van der Waals surface area contributed by atoms with Crippen LogP contribution >= 0.6 is 38.6 Å². The molecule has 1 saturated heterocycles. The van der Waals surface area contributed by atoms with Crippen molar-refractivity contribution in [3.05, 3.63) is 27.0 Å². The van der Waals surface area contributed by atoms with Gasteiger partial charge in [0.05, 0.1) is 10.6 Å². The summed E-state index contributed by atoms with van der Waals surface area (Å²) in [6, 6.07) is 1.95. The molecule has 2 aromatic heterocycles. The molecule has 0 aliphatic carbocycles. The first-order valence-corrected chi connectivity index (χ1v) is 12.4. The molecule has 0 saturated carbocycles. The van der Waals surface area contributed by atoms with Gasteiger partial charge < -0.3 is 4.90 Å². The zero-order valence-corrected chi connectivity index (χ0v) is 18.5. The number of carbonyl (C=O) groups excluding carboxylic acids is 1. The fourth-order valence-corrected chi connectivity index (χ4v) is 6.31. The Bertz CT molecular complexity index is 885. The molecule has 0 bridgehead atoms. The molecular formula is C16H20BrN3O3S3. The number of amides is 1. The van der Waals surface area contributed by atoms with Gasteiger partial charge in [0.2, 0.25) is 10.0 Å². The molecule has 10 heteroatoms. The highest BCUT2D eigenvalue weighted by atomic mass is 79.9. The van der Waals surface area contributed by atoms with E-state index in [4.69, 9.17) is 0 Å². The van der Waals surface area contributed by atoms with Gasteiger partial charge in [0.25, 0.3) is 5.91 Å². The van der Waals surface area contributed by atoms with Gasteiger partial charge >= 0.3 is 0 Å². The second-order valence-electron chi connectivity index (χ2n) is 6.11. The highest BCUT2D eigenvalue weighted by Gasteiger charge is 2.31. The summed E-state index contributed by atoms with van der Waals surface area (Å²) in [7, 11) is -1.56. The molecule has 1 amide bonds. The van der Waals surface area contributed by atoms with Crippen LogP contribution in [0.1, 0.15) is 30.3 Å². The minimum atomic E-state index is -3.20. The summed E-state index contributed by atoms with van der Waals surface area (Å²) in [4.78, 5) is 20.0. The standard InChI is InChI=1S/C16H20BrN3O3S3/c1-3-26(22,23)19(2)12-4-6-20(7-5-12)16(21)13-10-25-15(18-13)14-8-11(17)9-24-14/h8-10,12H,3-7H2,1-2H3. The smallest absolute Gasteiger partial charge is 0.273 e. The van der Waals surface area contributed by atoms with Crippen molar-refractivity contribution in [3.8, 4) is 9.88 Å². The lowest BCUT2D eigenvalue weighted by atomic mass is 10.1. The molecule has 1 fully saturated rings. The first-order chi connectivity index (χ1) is 12.3. The summed E-state index contributed by atoms with van der Waals surface area (Å²) < 4.78 is 26.5. The fourth-order valence-electron chi connectivity index (χ4n) is 2.94. The third-order valence-corrected chi connectivity index (χ3v) is 9.18. The lowest BCUT2D eigenvalue weighted by Crippen LogP contribution is -2.47. The Kier molecular flexibility index (Phi) is 6.18. The Morgan fingerprint density at radius 3 is 2.62 bits per heavy atom. The van der Waals surface area contributed by atoms with E-state index in [0.717, 1.165) is 14.4 Å². The van der Waals surface area contributed by atoms with E-state index >= 15 is 0 Å². The van der Waals surface area contributed by atoms with Gasteiger partial charge in [0, 0.05) is 41.4 Å². The van der Waals surface area contributed by atoms with Crippen LogP contribution < -0.4 is 0 Å². The Labute approximate surface area is 170 Å². The van der Waals surface area contributed by atoms with E-state index in [-0.39, 0.29) is 17.7 Å². The molecule has 0 unspecified atom stereocenters. The van der Waals surface area contributed by atoms with E-state index < -0.39 is 10.0 Å². The highest BCUT2D eigenvalue weighted by Crippen LogP contribution is 2.32. The van der Waals surface area contributed by atoms with E-state index in [1.807, 2.05) is 11.4 Å². The van der Waals surface area contributed by atoms with Crippen LogP contribution in [0.3, 0.4) is 0 Å². The number of thiazole rings is 1. The van der Waals surface area contributed by atoms with Crippen LogP contribution in [0.15, 0.2) is 21.3 Å². The summed E-state index contributed by atoms with van der Waals surface area (Å²) >= 11 is 6.48. The first-order valence-electron chi connectivity index (χ1n) is 8.26. The summed E-state index contributed by atoms with van der Waals surface area (Å²) in [5, 5.41) is 4.63. The Morgan fingerprint density at radius 2 is 2.04 bits per heavy atom. The van der Waals surface area contributed by atoms with E-state index in [1.165, 1.54) is 15.6 Å². The Morgan fingerprint density at radius 1 is 1.35 bits per heavy atom. The minimum Gasteiger partial charge on any atom is -0.337 e. The van der Waals surface area contributed by atoms with Crippen LogP contribution in [0.5, 0.6) is 0 Å². The van der Waals surface area contributed by atoms with Crippen LogP contribution in [0.25, 0.3) is 9.88 Å². The van der Waals surface area contributed by atoms with Crippen molar-refractivity contribution in [2.24, 2.45) is 0 Å². The molecule has 0 N–H and O–H groups in total. The molecule has 1 aliphatic rings. The maximum absolute atomic E-state index is 12.7. The van der Waals surface area contributed by atoms with Crippen LogP contribution in [-0.4, -0.2) is 60.4 Å². The molecule has 6 nitrogen and oxygen atoms in total. The summed E-state index contributed by atoms with van der Waals surface area (Å²) in [5.41, 5.74) is 0.461. The number of thiophene rings is 1. The number of rotatable bonds is 5. The van der Waals surface area contributed by atoms with Crippen molar-refractivity contribution in [1.29, 1.82) is 0 Å². The number of carbonyl (C=O) groups is 1. The fraction of sp³-hybridized carbons (Fsp3) is 0.500. The van der Waals surface area contributed by atoms with Crippen molar-refractivity contribution in [1.82, 2.24) is 14.2 Å². The van der Waals surface area contributed by atoms with Crippen LogP contribution in [-0.2, 0) is 10.0 Å². The van der Waals surface area contributed by atoms with Gasteiger partial charge in [-0.25, -0.2) is 17.7 Å². The maximum atomic E-state index is 12.7. The number of likely N-dealkylation sites (tertiary alicyclic amines) is 1. The van der Waals surface area contributed by atoms with Crippen molar-refractivity contribution < 1.29 is 13.2 Å². The zero-order chi connectivity index (χ0) is 18.9. The number of hydrogen-bond acceptors (Lipinski definition) is 6. The van der Waals surface area contributed by atoms with Crippen molar-refractivity contribution in [2.75, 3.05) is 25.9 Å². The molecule has 0 aromatic carbocycles. The lowest BCUT2D eigenvalue weighted by molar-refractivity contribution is 0.0681. The van der Waals surface area contributed by atoms with E-state index in [9.17, 15) is 13.2 Å². The van der Waals surface area contributed by atoms with Gasteiger partial charge in [-0.05, 0) is 41.8 Å². The number of nitrogens with zero attached hydrogens (tertiary/aromatic N) is 3. The highest BCUT2D eigenvalue weighted by molar-refractivity contribution is 9.10. The van der Waals surface area contributed by atoms with Crippen molar-refractivity contribution in [3.63, 3.8) is 0 Å². The van der Waals surface area contributed by atoms with Crippen LogP contribution in [0.4, 0.5) is 0 Å². The number of halogens is 1.